The van der Waals surface area contributed by atoms with Crippen LogP contribution in [0.1, 0.15) is 18.4 Å². The van der Waals surface area contributed by atoms with E-state index >= 15 is 0 Å². The van der Waals surface area contributed by atoms with Gasteiger partial charge in [0.05, 0.1) is 5.75 Å². The molecule has 4 rings (SSSR count). The van der Waals surface area contributed by atoms with Gasteiger partial charge in [-0.25, -0.2) is 12.7 Å². The molecule has 0 atom stereocenters. The van der Waals surface area contributed by atoms with Crippen molar-refractivity contribution in [2.75, 3.05) is 18.4 Å². The predicted molar refractivity (Wildman–Crippen MR) is 121 cm³/mol. The fourth-order valence-corrected chi connectivity index (χ4v) is 5.54. The van der Waals surface area contributed by atoms with E-state index in [0.29, 0.717) is 36.5 Å². The minimum absolute atomic E-state index is 0.0545. The van der Waals surface area contributed by atoms with Gasteiger partial charge in [-0.1, -0.05) is 60.1 Å². The number of rotatable bonds is 5. The van der Waals surface area contributed by atoms with Crippen LogP contribution in [0.15, 0.2) is 66.7 Å². The Morgan fingerprint density at radius 1 is 0.967 bits per heavy atom. The van der Waals surface area contributed by atoms with Gasteiger partial charge in [0.15, 0.2) is 0 Å². The molecule has 1 saturated heterocycles. The Morgan fingerprint density at radius 2 is 1.63 bits per heavy atom. The quantitative estimate of drug-likeness (QED) is 0.624. The zero-order valence-electron chi connectivity index (χ0n) is 16.4. The highest BCUT2D eigenvalue weighted by atomic mass is 35.5. The summed E-state index contributed by atoms with van der Waals surface area (Å²) in [7, 11) is -3.43. The molecular weight excluding hydrogens is 420 g/mol. The van der Waals surface area contributed by atoms with Gasteiger partial charge >= 0.3 is 0 Å². The number of amides is 1. The molecule has 0 saturated carbocycles. The normalized spacial score (nSPS) is 15.9. The molecular formula is C23H23ClN2O3S. The van der Waals surface area contributed by atoms with E-state index in [-0.39, 0.29) is 17.6 Å². The van der Waals surface area contributed by atoms with E-state index in [1.807, 2.05) is 42.5 Å². The van der Waals surface area contributed by atoms with Crippen molar-refractivity contribution in [3.8, 4) is 0 Å². The third kappa shape index (κ3) is 4.67. The maximum absolute atomic E-state index is 12.8. The minimum Gasteiger partial charge on any atom is -0.325 e. The number of nitrogens with one attached hydrogen (secondary N) is 1. The van der Waals surface area contributed by atoms with Crippen LogP contribution < -0.4 is 5.32 Å². The van der Waals surface area contributed by atoms with Gasteiger partial charge in [-0.2, -0.15) is 0 Å². The van der Waals surface area contributed by atoms with Gasteiger partial charge < -0.3 is 5.32 Å². The number of benzene rings is 3. The second-order valence-electron chi connectivity index (χ2n) is 7.57. The van der Waals surface area contributed by atoms with Crippen LogP contribution in [0.3, 0.4) is 0 Å². The van der Waals surface area contributed by atoms with Crippen LogP contribution in [-0.4, -0.2) is 31.7 Å². The number of piperidine rings is 1. The number of anilines is 1. The van der Waals surface area contributed by atoms with Gasteiger partial charge in [-0.15, -0.1) is 0 Å². The Labute approximate surface area is 181 Å². The highest BCUT2D eigenvalue weighted by Gasteiger charge is 2.31. The van der Waals surface area contributed by atoms with Crippen molar-refractivity contribution in [2.24, 2.45) is 5.92 Å². The first-order valence-corrected chi connectivity index (χ1v) is 11.9. The van der Waals surface area contributed by atoms with Crippen molar-refractivity contribution in [3.63, 3.8) is 0 Å². The van der Waals surface area contributed by atoms with E-state index in [1.54, 1.807) is 24.3 Å². The SMILES string of the molecule is O=C(Nc1cccc2ccccc12)C1CCN(S(=O)(=O)Cc2ccc(Cl)cc2)CC1. The van der Waals surface area contributed by atoms with Gasteiger partial charge in [0.1, 0.15) is 0 Å². The predicted octanol–water partition coefficient (Wildman–Crippen LogP) is 4.67. The molecule has 0 radical (unpaired) electrons. The monoisotopic (exact) mass is 442 g/mol. The molecule has 0 unspecified atom stereocenters. The first kappa shape index (κ1) is 20.8. The van der Waals surface area contributed by atoms with Crippen molar-refractivity contribution in [1.29, 1.82) is 0 Å². The van der Waals surface area contributed by atoms with Crippen LogP contribution in [0.2, 0.25) is 5.02 Å². The van der Waals surface area contributed by atoms with Crippen LogP contribution >= 0.6 is 11.6 Å². The second-order valence-corrected chi connectivity index (χ2v) is 9.98. The number of carbonyl (C=O) groups is 1. The molecule has 0 aromatic heterocycles. The molecule has 1 aliphatic heterocycles. The summed E-state index contributed by atoms with van der Waals surface area (Å²) in [6, 6.07) is 20.6. The topological polar surface area (TPSA) is 66.5 Å². The molecule has 1 heterocycles. The number of fused-ring (bicyclic) bond motifs is 1. The molecule has 5 nitrogen and oxygen atoms in total. The lowest BCUT2D eigenvalue weighted by atomic mass is 9.97. The zero-order valence-corrected chi connectivity index (χ0v) is 18.0. The fraction of sp³-hybridized carbons (Fsp3) is 0.261. The highest BCUT2D eigenvalue weighted by molar-refractivity contribution is 7.88. The first-order valence-electron chi connectivity index (χ1n) is 9.93. The Kier molecular flexibility index (Phi) is 6.09. The molecule has 0 bridgehead atoms. The molecule has 156 valence electrons. The average Bonchev–Trinajstić information content (AvgIpc) is 2.75. The molecule has 0 aliphatic carbocycles. The lowest BCUT2D eigenvalue weighted by Crippen LogP contribution is -2.41. The van der Waals surface area contributed by atoms with Crippen molar-refractivity contribution in [3.05, 3.63) is 77.3 Å². The van der Waals surface area contributed by atoms with Crippen LogP contribution in [0, 0.1) is 5.92 Å². The van der Waals surface area contributed by atoms with Crippen LogP contribution in [0.4, 0.5) is 5.69 Å². The fourth-order valence-electron chi connectivity index (χ4n) is 3.85. The Bertz CT molecular complexity index is 1150. The van der Waals surface area contributed by atoms with E-state index in [2.05, 4.69) is 5.32 Å². The number of halogens is 1. The van der Waals surface area contributed by atoms with Crippen molar-refractivity contribution >= 4 is 44.0 Å². The highest BCUT2D eigenvalue weighted by Crippen LogP contribution is 2.26. The molecule has 1 fully saturated rings. The zero-order chi connectivity index (χ0) is 21.1. The first-order chi connectivity index (χ1) is 14.4. The Hall–Kier alpha value is -2.41. The van der Waals surface area contributed by atoms with Crippen LogP contribution in [0.5, 0.6) is 0 Å². The van der Waals surface area contributed by atoms with Crippen LogP contribution in [0.25, 0.3) is 10.8 Å². The van der Waals surface area contributed by atoms with Crippen LogP contribution in [-0.2, 0) is 20.6 Å². The lowest BCUT2D eigenvalue weighted by Gasteiger charge is -2.30. The average molecular weight is 443 g/mol. The number of carbonyl (C=O) groups excluding carboxylic acids is 1. The second kappa shape index (κ2) is 8.76. The summed E-state index contributed by atoms with van der Waals surface area (Å²) in [5.41, 5.74) is 1.49. The molecule has 1 aliphatic rings. The molecule has 3 aromatic rings. The minimum atomic E-state index is -3.43. The molecule has 1 N–H and O–H groups in total. The van der Waals surface area contributed by atoms with E-state index in [0.717, 1.165) is 16.5 Å². The largest absolute Gasteiger partial charge is 0.325 e. The summed E-state index contributed by atoms with van der Waals surface area (Å²) < 4.78 is 27.0. The molecule has 7 heteroatoms. The van der Waals surface area contributed by atoms with Gasteiger partial charge in [-0.3, -0.25) is 4.79 Å². The third-order valence-electron chi connectivity index (χ3n) is 5.53. The Balaban J connectivity index is 1.37. The van der Waals surface area contributed by atoms with Gasteiger partial charge in [0, 0.05) is 35.1 Å². The summed E-state index contributed by atoms with van der Waals surface area (Å²) in [5, 5.41) is 5.68. The summed E-state index contributed by atoms with van der Waals surface area (Å²) >= 11 is 5.87. The van der Waals surface area contributed by atoms with E-state index < -0.39 is 10.0 Å². The smallest absolute Gasteiger partial charge is 0.227 e. The standard InChI is InChI=1S/C23H23ClN2O3S/c24-20-10-8-17(9-11-20)16-30(28,29)26-14-12-19(13-15-26)23(27)25-22-7-3-5-18-4-1-2-6-21(18)22/h1-11,19H,12-16H2,(H,25,27). The van der Waals surface area contributed by atoms with Crippen molar-refractivity contribution < 1.29 is 13.2 Å². The molecule has 30 heavy (non-hydrogen) atoms. The summed E-state index contributed by atoms with van der Waals surface area (Å²) in [4.78, 5) is 12.8. The maximum Gasteiger partial charge on any atom is 0.227 e. The number of hydrogen-bond donors (Lipinski definition) is 1. The summed E-state index contributed by atoms with van der Waals surface area (Å²) in [6.07, 6.45) is 1.02. The maximum atomic E-state index is 12.8. The van der Waals surface area contributed by atoms with Crippen molar-refractivity contribution in [1.82, 2.24) is 4.31 Å². The van der Waals surface area contributed by atoms with Gasteiger partial charge in [-0.05, 0) is 42.0 Å². The molecule has 1 amide bonds. The van der Waals surface area contributed by atoms with E-state index in [9.17, 15) is 13.2 Å². The van der Waals surface area contributed by atoms with E-state index in [4.69, 9.17) is 11.6 Å². The Morgan fingerprint density at radius 3 is 2.37 bits per heavy atom. The molecule has 3 aromatic carbocycles. The number of sulfonamides is 1. The third-order valence-corrected chi connectivity index (χ3v) is 7.63. The van der Waals surface area contributed by atoms with E-state index in [1.165, 1.54) is 4.31 Å². The number of hydrogen-bond acceptors (Lipinski definition) is 3. The lowest BCUT2D eigenvalue weighted by molar-refractivity contribution is -0.120. The summed E-state index contributed by atoms with van der Waals surface area (Å²) in [6.45, 7) is 0.701. The van der Waals surface area contributed by atoms with Gasteiger partial charge in [0.2, 0.25) is 15.9 Å². The number of nitrogens with zero attached hydrogens (tertiary/aromatic N) is 1. The molecule has 0 spiro atoms. The summed E-state index contributed by atoms with van der Waals surface area (Å²) in [5.74, 6) is -0.316. The van der Waals surface area contributed by atoms with Crippen molar-refractivity contribution in [2.45, 2.75) is 18.6 Å². The van der Waals surface area contributed by atoms with Gasteiger partial charge in [0.25, 0.3) is 0 Å².